The van der Waals surface area contributed by atoms with E-state index in [9.17, 15) is 24.9 Å². The highest BCUT2D eigenvalue weighted by molar-refractivity contribution is 5.99. The number of ether oxygens (including phenoxy) is 2. The van der Waals surface area contributed by atoms with E-state index in [4.69, 9.17) is 15.9 Å². The molecule has 1 aromatic rings. The maximum Gasteiger partial charge on any atom is 0.342 e. The van der Waals surface area contributed by atoms with Gasteiger partial charge in [-0.05, 0) is 30.9 Å². The Bertz CT molecular complexity index is 882. The van der Waals surface area contributed by atoms with Gasteiger partial charge in [0.25, 0.3) is 0 Å². The molecular weight excluding hydrogens is 364 g/mol. The number of carbonyl (C=O) groups is 2. The predicted octanol–water partition coefficient (Wildman–Crippen LogP) is 1.05. The van der Waals surface area contributed by atoms with Crippen LogP contribution in [0.25, 0.3) is 6.08 Å². The summed E-state index contributed by atoms with van der Waals surface area (Å²) in [6, 6.07) is 2.73. The van der Waals surface area contributed by atoms with E-state index in [1.165, 1.54) is 24.3 Å². The third-order valence-corrected chi connectivity index (χ3v) is 3.87. The number of phenolic OH excluding ortho intramolecular Hbond substituents is 1. The summed E-state index contributed by atoms with van der Waals surface area (Å²) < 4.78 is 10.6. The van der Waals surface area contributed by atoms with Crippen LogP contribution in [0.4, 0.5) is 0 Å². The Hall–Kier alpha value is -3.26. The molecule has 0 fully saturated rings. The molecule has 0 bridgehead atoms. The Morgan fingerprint density at radius 2 is 2.11 bits per heavy atom. The number of fused-ring (bicyclic) bond motifs is 1. The lowest BCUT2D eigenvalue weighted by atomic mass is 10.0. The summed E-state index contributed by atoms with van der Waals surface area (Å²) in [7, 11) is 0. The molecule has 3 N–H and O–H groups in total. The van der Waals surface area contributed by atoms with Crippen LogP contribution in [0.15, 0.2) is 18.2 Å². The van der Waals surface area contributed by atoms with Gasteiger partial charge in [-0.3, -0.25) is 4.79 Å². The number of hydrogen-bond acceptors (Lipinski definition) is 7. The average Bonchev–Trinajstić information content (AvgIpc) is 2.64. The lowest BCUT2D eigenvalue weighted by Gasteiger charge is -2.16. The zero-order valence-corrected chi connectivity index (χ0v) is 15.2. The van der Waals surface area contributed by atoms with Crippen LogP contribution in [-0.2, 0) is 9.53 Å². The molecule has 0 aromatic heterocycles. The molecule has 1 aliphatic heterocycles. The number of aliphatic hydroxyl groups excluding tert-OH is 2. The first-order chi connectivity index (χ1) is 13.3. The van der Waals surface area contributed by atoms with Gasteiger partial charge >= 0.3 is 5.97 Å². The number of terminal acetylenes is 1. The number of Topliss-reactive ketones (excluding diaryl/α,β-unsaturated/α-hetero) is 1. The monoisotopic (exact) mass is 384 g/mol. The number of phenols is 1. The van der Waals surface area contributed by atoms with Crippen molar-refractivity contribution >= 4 is 17.8 Å². The number of ketones is 1. The molecule has 146 valence electrons. The van der Waals surface area contributed by atoms with Crippen LogP contribution < -0.4 is 4.74 Å². The van der Waals surface area contributed by atoms with Gasteiger partial charge in [0.1, 0.15) is 29.8 Å². The Morgan fingerprint density at radius 3 is 2.82 bits per heavy atom. The van der Waals surface area contributed by atoms with Gasteiger partial charge in [0, 0.05) is 12.5 Å². The minimum Gasteiger partial charge on any atom is -0.507 e. The van der Waals surface area contributed by atoms with Crippen LogP contribution in [0.1, 0.15) is 35.7 Å². The topological polar surface area (TPSA) is 113 Å². The molecule has 28 heavy (non-hydrogen) atoms. The van der Waals surface area contributed by atoms with Crippen LogP contribution in [-0.4, -0.2) is 52.0 Å². The number of carbonyl (C=O) groups excluding carboxylic acids is 2. The molecular formula is C21H20O7. The standard InChI is InChI=1S/C21H20O7/c1-3-10-27-15-11-14-7-5-9-17(23)20(25)16(22)8-4-6-13(2)28-21(26)19(14)18(24)12-15/h1,5,7,11-13,17,20,23-25H,6,9-10H2,2H3/b7-5+/t13-,17-,20+/m0/s1. The summed E-state index contributed by atoms with van der Waals surface area (Å²) in [6.07, 6.45) is 4.29. The van der Waals surface area contributed by atoms with Crippen LogP contribution in [0.3, 0.4) is 0 Å². The van der Waals surface area contributed by atoms with Crippen molar-refractivity contribution in [2.75, 3.05) is 6.61 Å². The van der Waals surface area contributed by atoms with E-state index in [-0.39, 0.29) is 42.1 Å². The fraction of sp³-hybridized carbons (Fsp3) is 0.333. The molecule has 1 aromatic carbocycles. The van der Waals surface area contributed by atoms with Crippen molar-refractivity contribution in [3.05, 3.63) is 29.3 Å². The molecule has 0 spiro atoms. The Morgan fingerprint density at radius 1 is 1.36 bits per heavy atom. The zero-order valence-electron chi connectivity index (χ0n) is 15.2. The summed E-state index contributed by atoms with van der Waals surface area (Å²) in [6.45, 7) is 1.54. The van der Waals surface area contributed by atoms with E-state index in [2.05, 4.69) is 17.8 Å². The largest absolute Gasteiger partial charge is 0.507 e. The summed E-state index contributed by atoms with van der Waals surface area (Å²) in [5, 5.41) is 30.1. The minimum atomic E-state index is -1.66. The number of cyclic esters (lactones) is 1. The molecule has 0 aliphatic carbocycles. The highest BCUT2D eigenvalue weighted by Gasteiger charge is 2.23. The van der Waals surface area contributed by atoms with E-state index in [1.807, 2.05) is 0 Å². The van der Waals surface area contributed by atoms with Crippen molar-refractivity contribution in [1.82, 2.24) is 0 Å². The first kappa shape index (κ1) is 21.0. The number of aliphatic hydroxyl groups is 2. The minimum absolute atomic E-state index is 0.0326. The van der Waals surface area contributed by atoms with E-state index >= 15 is 0 Å². The first-order valence-corrected chi connectivity index (χ1v) is 8.53. The Kier molecular flexibility index (Phi) is 7.22. The van der Waals surface area contributed by atoms with Gasteiger partial charge in [0.15, 0.2) is 6.10 Å². The van der Waals surface area contributed by atoms with Crippen molar-refractivity contribution in [2.24, 2.45) is 0 Å². The molecule has 0 radical (unpaired) electrons. The highest BCUT2D eigenvalue weighted by atomic mass is 16.5. The van der Waals surface area contributed by atoms with Gasteiger partial charge in [0.2, 0.25) is 5.78 Å². The van der Waals surface area contributed by atoms with Crippen molar-refractivity contribution < 1.29 is 34.4 Å². The SMILES string of the molecule is C#CCOc1cc(O)c2c(c1)/C=C/C[C@H](O)[C@H](O)C(=O)C#CC[C@H](C)OC2=O. The number of hydrogen-bond donors (Lipinski definition) is 3. The van der Waals surface area contributed by atoms with Crippen molar-refractivity contribution in [3.8, 4) is 35.7 Å². The molecule has 2 rings (SSSR count). The quantitative estimate of drug-likeness (QED) is 0.397. The zero-order chi connectivity index (χ0) is 20.7. The van der Waals surface area contributed by atoms with Crippen LogP contribution in [0, 0.1) is 24.2 Å². The first-order valence-electron chi connectivity index (χ1n) is 8.53. The molecule has 0 saturated carbocycles. The molecule has 1 aliphatic rings. The molecule has 7 nitrogen and oxygen atoms in total. The lowest BCUT2D eigenvalue weighted by Crippen LogP contribution is -2.32. The number of esters is 1. The predicted molar refractivity (Wildman–Crippen MR) is 100 cm³/mol. The maximum atomic E-state index is 12.5. The fourth-order valence-corrected chi connectivity index (χ4v) is 2.46. The van der Waals surface area contributed by atoms with Gasteiger partial charge < -0.3 is 24.8 Å². The summed E-state index contributed by atoms with van der Waals surface area (Å²) in [5.74, 6) is 5.31. The van der Waals surface area contributed by atoms with E-state index in [0.717, 1.165) is 0 Å². The van der Waals surface area contributed by atoms with Gasteiger partial charge in [-0.2, -0.15) is 0 Å². The molecule has 0 saturated heterocycles. The van der Waals surface area contributed by atoms with E-state index in [1.54, 1.807) is 6.92 Å². The molecule has 7 heteroatoms. The molecule has 3 atom stereocenters. The highest BCUT2D eigenvalue weighted by Crippen LogP contribution is 2.30. The van der Waals surface area contributed by atoms with Gasteiger partial charge in [-0.1, -0.05) is 24.0 Å². The van der Waals surface area contributed by atoms with Crippen molar-refractivity contribution in [1.29, 1.82) is 0 Å². The summed E-state index contributed by atoms with van der Waals surface area (Å²) in [5.41, 5.74) is 0.174. The molecule has 0 amide bonds. The molecule has 0 unspecified atom stereocenters. The lowest BCUT2D eigenvalue weighted by molar-refractivity contribution is -0.126. The van der Waals surface area contributed by atoms with E-state index < -0.39 is 30.1 Å². The van der Waals surface area contributed by atoms with Gasteiger partial charge in [-0.15, -0.1) is 6.42 Å². The second-order valence-corrected chi connectivity index (χ2v) is 6.14. The number of benzene rings is 1. The second-order valence-electron chi connectivity index (χ2n) is 6.14. The van der Waals surface area contributed by atoms with Crippen LogP contribution >= 0.6 is 0 Å². The summed E-state index contributed by atoms with van der Waals surface area (Å²) >= 11 is 0. The van der Waals surface area contributed by atoms with Gasteiger partial charge in [-0.25, -0.2) is 4.79 Å². The van der Waals surface area contributed by atoms with Crippen LogP contribution in [0.5, 0.6) is 11.5 Å². The normalized spacial score (nSPS) is 23.9. The van der Waals surface area contributed by atoms with Crippen LogP contribution in [0.2, 0.25) is 0 Å². The smallest absolute Gasteiger partial charge is 0.342 e. The van der Waals surface area contributed by atoms with Crippen molar-refractivity contribution in [2.45, 2.75) is 38.1 Å². The third kappa shape index (κ3) is 5.37. The molecule has 1 heterocycles. The van der Waals surface area contributed by atoms with Crippen molar-refractivity contribution in [3.63, 3.8) is 0 Å². The third-order valence-electron chi connectivity index (χ3n) is 3.87. The Labute approximate surface area is 162 Å². The number of aromatic hydroxyl groups is 1. The Balaban J connectivity index is 2.46. The van der Waals surface area contributed by atoms with Gasteiger partial charge in [0.05, 0.1) is 6.10 Å². The second kappa shape index (κ2) is 9.61. The summed E-state index contributed by atoms with van der Waals surface area (Å²) in [4.78, 5) is 24.3. The fourth-order valence-electron chi connectivity index (χ4n) is 2.46. The number of rotatable bonds is 2. The maximum absolute atomic E-state index is 12.5. The average molecular weight is 384 g/mol. The van der Waals surface area contributed by atoms with E-state index in [0.29, 0.717) is 0 Å².